The van der Waals surface area contributed by atoms with E-state index in [0.29, 0.717) is 50.0 Å². The van der Waals surface area contributed by atoms with E-state index in [0.717, 1.165) is 52.4 Å². The normalized spacial score (nSPS) is 16.2. The number of carbonyl (C=O) groups is 2. The van der Waals surface area contributed by atoms with Crippen LogP contribution in [0.4, 0.5) is 4.79 Å². The summed E-state index contributed by atoms with van der Waals surface area (Å²) in [6, 6.07) is 14.4. The molecule has 0 aliphatic carbocycles. The number of nitrogens with one attached hydrogen (secondary N) is 1. The molecule has 1 unspecified atom stereocenters. The molecule has 254 valence electrons. The maximum Gasteiger partial charge on any atom is 0.410 e. The summed E-state index contributed by atoms with van der Waals surface area (Å²) in [5, 5.41) is 5.95. The van der Waals surface area contributed by atoms with Gasteiger partial charge in [-0.3, -0.25) is 9.78 Å². The number of nitrogens with zero attached hydrogens (tertiary/aromatic N) is 6. The lowest BCUT2D eigenvalue weighted by atomic mass is 9.97. The number of imidazole rings is 1. The molecular weight excluding hydrogens is 618 g/mol. The van der Waals surface area contributed by atoms with Crippen LogP contribution in [0.1, 0.15) is 85.9 Å². The van der Waals surface area contributed by atoms with Crippen molar-refractivity contribution in [2.45, 2.75) is 85.3 Å². The summed E-state index contributed by atoms with van der Waals surface area (Å²) < 4.78 is 13.8. The van der Waals surface area contributed by atoms with Crippen molar-refractivity contribution in [1.29, 1.82) is 0 Å². The Morgan fingerprint density at radius 1 is 1.06 bits per heavy atom. The minimum absolute atomic E-state index is 0.0963. The van der Waals surface area contributed by atoms with E-state index in [9.17, 15) is 9.59 Å². The summed E-state index contributed by atoms with van der Waals surface area (Å²) in [5.74, 6) is 0.428. The van der Waals surface area contributed by atoms with Crippen LogP contribution in [-0.2, 0) is 29.1 Å². The zero-order valence-electron chi connectivity index (χ0n) is 28.8. The number of rotatable bonds is 7. The van der Waals surface area contributed by atoms with Crippen molar-refractivity contribution < 1.29 is 19.1 Å². The third-order valence-corrected chi connectivity index (χ3v) is 9.32. The van der Waals surface area contributed by atoms with Crippen LogP contribution < -0.4 is 0 Å². The molecule has 2 aliphatic rings. The Morgan fingerprint density at radius 3 is 2.53 bits per heavy atom. The van der Waals surface area contributed by atoms with E-state index >= 15 is 0 Å². The van der Waals surface area contributed by atoms with Gasteiger partial charge in [-0.1, -0.05) is 30.3 Å². The van der Waals surface area contributed by atoms with Crippen LogP contribution in [0.25, 0.3) is 33.5 Å². The van der Waals surface area contributed by atoms with E-state index < -0.39 is 5.60 Å². The second-order valence-electron chi connectivity index (χ2n) is 13.9. The first-order valence-electron chi connectivity index (χ1n) is 17.1. The largest absolute Gasteiger partial charge is 0.444 e. The predicted octanol–water partition coefficient (Wildman–Crippen LogP) is 7.41. The highest BCUT2D eigenvalue weighted by Gasteiger charge is 2.28. The minimum Gasteiger partial charge on any atom is -0.444 e. The maximum atomic E-state index is 13.6. The summed E-state index contributed by atoms with van der Waals surface area (Å²) in [6.07, 6.45) is 7.70. The van der Waals surface area contributed by atoms with Gasteiger partial charge in [-0.25, -0.2) is 14.5 Å². The van der Waals surface area contributed by atoms with Crippen molar-refractivity contribution in [2.75, 3.05) is 13.2 Å². The number of carbonyl (C=O) groups excluding carboxylic acids is 2. The van der Waals surface area contributed by atoms with E-state index in [1.807, 2.05) is 61.8 Å². The monoisotopic (exact) mass is 661 g/mol. The molecule has 3 aromatic heterocycles. The summed E-state index contributed by atoms with van der Waals surface area (Å²) in [5.41, 5.74) is 7.64. The van der Waals surface area contributed by atoms with Gasteiger partial charge in [0.2, 0.25) is 0 Å². The second-order valence-corrected chi connectivity index (χ2v) is 13.9. The third kappa shape index (κ3) is 6.55. The summed E-state index contributed by atoms with van der Waals surface area (Å²) in [7, 11) is 0. The van der Waals surface area contributed by atoms with Crippen molar-refractivity contribution in [1.82, 2.24) is 34.5 Å². The molecule has 1 fully saturated rings. The zero-order valence-corrected chi connectivity index (χ0v) is 28.8. The molecule has 7 rings (SSSR count). The van der Waals surface area contributed by atoms with Crippen LogP contribution >= 0.6 is 0 Å². The molecule has 2 aromatic carbocycles. The van der Waals surface area contributed by atoms with E-state index in [1.54, 1.807) is 11.1 Å². The number of fused-ring (bicyclic) bond motifs is 2. The number of ether oxygens (including phenoxy) is 2. The standard InChI is InChI=1S/C38H43N7O4/c1-6-43(37(47)49-38(3,4)5)23-28-18-39-19-30(24(28)2)25-14-15-32-29(17-25)34(42-45(32)33-13-9-10-16-48-33)35-40-20-31(41-35)36(46)44-21-26-11-7-8-12-27(26)22-44/h7-8,11-12,14-15,17-20,33H,6,9-10,13,16,21-23H2,1-5H3,(H,40,41). The fourth-order valence-corrected chi connectivity index (χ4v) is 6.67. The molecule has 5 heterocycles. The highest BCUT2D eigenvalue weighted by Crippen LogP contribution is 2.36. The van der Waals surface area contributed by atoms with Gasteiger partial charge in [0, 0.05) is 49.6 Å². The Morgan fingerprint density at radius 2 is 1.84 bits per heavy atom. The van der Waals surface area contributed by atoms with E-state index in [4.69, 9.17) is 14.6 Å². The zero-order chi connectivity index (χ0) is 34.3. The van der Waals surface area contributed by atoms with Gasteiger partial charge in [-0.05, 0) is 93.8 Å². The number of H-pyrrole nitrogens is 1. The molecule has 11 nitrogen and oxygen atoms in total. The molecule has 0 bridgehead atoms. The number of aromatic nitrogens is 5. The van der Waals surface area contributed by atoms with Gasteiger partial charge in [0.15, 0.2) is 12.1 Å². The first-order valence-corrected chi connectivity index (χ1v) is 17.1. The molecule has 49 heavy (non-hydrogen) atoms. The van der Waals surface area contributed by atoms with Crippen molar-refractivity contribution in [3.05, 3.63) is 89.0 Å². The molecule has 0 spiro atoms. The van der Waals surface area contributed by atoms with Gasteiger partial charge in [0.25, 0.3) is 5.91 Å². The minimum atomic E-state index is -0.581. The lowest BCUT2D eigenvalue weighted by Gasteiger charge is -2.27. The highest BCUT2D eigenvalue weighted by atomic mass is 16.6. The van der Waals surface area contributed by atoms with Crippen LogP contribution in [0, 0.1) is 6.92 Å². The van der Waals surface area contributed by atoms with Crippen molar-refractivity contribution >= 4 is 22.9 Å². The van der Waals surface area contributed by atoms with Gasteiger partial charge in [-0.2, -0.15) is 5.10 Å². The van der Waals surface area contributed by atoms with Crippen LogP contribution in [-0.4, -0.2) is 65.3 Å². The molecule has 0 radical (unpaired) electrons. The molecular formula is C38H43N7O4. The molecule has 2 amide bonds. The van der Waals surface area contributed by atoms with E-state index in [-0.39, 0.29) is 18.2 Å². The Kier molecular flexibility index (Phi) is 8.70. The van der Waals surface area contributed by atoms with Crippen molar-refractivity contribution in [3.63, 3.8) is 0 Å². The van der Waals surface area contributed by atoms with Gasteiger partial charge >= 0.3 is 6.09 Å². The van der Waals surface area contributed by atoms with Crippen LogP contribution in [0.5, 0.6) is 0 Å². The first kappa shape index (κ1) is 32.5. The topological polar surface area (TPSA) is 118 Å². The summed E-state index contributed by atoms with van der Waals surface area (Å²) >= 11 is 0. The number of hydrogen-bond donors (Lipinski definition) is 1. The number of aromatic amines is 1. The number of pyridine rings is 1. The molecule has 1 atom stereocenters. The molecule has 2 aliphatic heterocycles. The van der Waals surface area contributed by atoms with Crippen LogP contribution in [0.2, 0.25) is 0 Å². The Bertz CT molecular complexity index is 1990. The van der Waals surface area contributed by atoms with Crippen LogP contribution in [0.15, 0.2) is 61.1 Å². The maximum absolute atomic E-state index is 13.6. The summed E-state index contributed by atoms with van der Waals surface area (Å²) in [4.78, 5) is 42.5. The van der Waals surface area contributed by atoms with Gasteiger partial charge in [0.1, 0.15) is 17.0 Å². The lowest BCUT2D eigenvalue weighted by molar-refractivity contribution is -0.0365. The Hall–Kier alpha value is -5.03. The number of benzene rings is 2. The van der Waals surface area contributed by atoms with Crippen LogP contribution in [0.3, 0.4) is 0 Å². The molecule has 11 heteroatoms. The second kappa shape index (κ2) is 13.1. The quantitative estimate of drug-likeness (QED) is 0.193. The Labute approximate surface area is 286 Å². The van der Waals surface area contributed by atoms with E-state index in [1.165, 1.54) is 11.1 Å². The fraction of sp³-hybridized carbons (Fsp3) is 0.395. The number of hydrogen-bond acceptors (Lipinski definition) is 7. The smallest absolute Gasteiger partial charge is 0.410 e. The van der Waals surface area contributed by atoms with Gasteiger partial charge in [0.05, 0.1) is 18.3 Å². The average Bonchev–Trinajstić information content (AvgIpc) is 3.84. The predicted molar refractivity (Wildman–Crippen MR) is 186 cm³/mol. The first-order chi connectivity index (χ1) is 23.6. The highest BCUT2D eigenvalue weighted by molar-refractivity contribution is 5.97. The molecule has 0 saturated carbocycles. The molecule has 1 saturated heterocycles. The van der Waals surface area contributed by atoms with Crippen molar-refractivity contribution in [3.8, 4) is 22.6 Å². The fourth-order valence-electron chi connectivity index (χ4n) is 6.67. The SMILES string of the molecule is CCN(Cc1cncc(-c2ccc3c(c2)c(-c2ncc(C(=O)N4Cc5ccccc5C4)[nH]2)nn3C2CCCCO2)c1C)C(=O)OC(C)(C)C. The average molecular weight is 662 g/mol. The van der Waals surface area contributed by atoms with E-state index in [2.05, 4.69) is 52.2 Å². The molecule has 5 aromatic rings. The van der Waals surface area contributed by atoms with Crippen molar-refractivity contribution in [2.24, 2.45) is 0 Å². The Balaban J connectivity index is 1.23. The lowest BCUT2D eigenvalue weighted by Crippen LogP contribution is -2.36. The van der Waals surface area contributed by atoms with Gasteiger partial charge < -0.3 is 24.3 Å². The van der Waals surface area contributed by atoms with Gasteiger partial charge in [-0.15, -0.1) is 0 Å². The summed E-state index contributed by atoms with van der Waals surface area (Å²) in [6.45, 7) is 12.3. The number of amides is 2. The molecule has 1 N–H and O–H groups in total. The third-order valence-electron chi connectivity index (χ3n) is 9.32.